The van der Waals surface area contributed by atoms with E-state index in [1.807, 2.05) is 0 Å². The zero-order valence-electron chi connectivity index (χ0n) is 10.8. The Balaban J connectivity index is 2.69. The molecule has 0 fully saturated rings. The maximum absolute atomic E-state index is 11.7. The van der Waals surface area contributed by atoms with Gasteiger partial charge < -0.3 is 14.7 Å². The minimum absolute atomic E-state index is 0.0303. The number of nitrogens with zero attached hydrogens (tertiary/aromatic N) is 2. The topological polar surface area (TPSA) is 110 Å². The lowest BCUT2D eigenvalue weighted by atomic mass is 10.3. The van der Waals surface area contributed by atoms with Crippen LogP contribution in [-0.4, -0.2) is 46.5 Å². The molecule has 0 atom stereocenters. The van der Waals surface area contributed by atoms with E-state index < -0.39 is 30.0 Å². The molecule has 1 N–H and O–H groups in total. The van der Waals surface area contributed by atoms with E-state index in [9.17, 15) is 19.7 Å². The molecule has 0 aliphatic rings. The molecule has 1 amide bonds. The molecule has 8 nitrogen and oxygen atoms in total. The molecule has 0 saturated carbocycles. The molecule has 0 aliphatic heterocycles. The van der Waals surface area contributed by atoms with Crippen molar-refractivity contribution in [3.63, 3.8) is 0 Å². The summed E-state index contributed by atoms with van der Waals surface area (Å²) < 4.78 is 5.10. The van der Waals surface area contributed by atoms with Gasteiger partial charge in [0, 0.05) is 12.6 Å². The van der Waals surface area contributed by atoms with E-state index in [2.05, 4.69) is 0 Å². The Kier molecular flexibility index (Phi) is 5.45. The fourth-order valence-corrected chi connectivity index (χ4v) is 1.50. The van der Waals surface area contributed by atoms with Crippen molar-refractivity contribution in [3.05, 3.63) is 34.4 Å². The van der Waals surface area contributed by atoms with E-state index in [1.165, 1.54) is 18.2 Å². The number of hydrogen-bond donors (Lipinski definition) is 1. The summed E-state index contributed by atoms with van der Waals surface area (Å²) in [6.45, 7) is 0.957. The SMILES string of the molecule is CCN(CC(=O)O)C(=O)COc1ccccc1[N+](=O)[O-]. The summed E-state index contributed by atoms with van der Waals surface area (Å²) in [6, 6.07) is 5.66. The maximum atomic E-state index is 11.7. The number of carbonyl (C=O) groups excluding carboxylic acids is 1. The van der Waals surface area contributed by atoms with Crippen LogP contribution in [0.2, 0.25) is 0 Å². The highest BCUT2D eigenvalue weighted by atomic mass is 16.6. The van der Waals surface area contributed by atoms with Gasteiger partial charge in [0.1, 0.15) is 6.54 Å². The van der Waals surface area contributed by atoms with Crippen molar-refractivity contribution in [2.45, 2.75) is 6.92 Å². The Morgan fingerprint density at radius 3 is 2.60 bits per heavy atom. The Morgan fingerprint density at radius 1 is 1.40 bits per heavy atom. The molecule has 0 heterocycles. The number of hydrogen-bond acceptors (Lipinski definition) is 5. The summed E-state index contributed by atoms with van der Waals surface area (Å²) in [7, 11) is 0. The summed E-state index contributed by atoms with van der Waals surface area (Å²) in [4.78, 5) is 33.5. The highest BCUT2D eigenvalue weighted by Crippen LogP contribution is 2.25. The van der Waals surface area contributed by atoms with Crippen molar-refractivity contribution in [1.29, 1.82) is 0 Å². The standard InChI is InChI=1S/C12H14N2O6/c1-2-13(7-12(16)17)11(15)8-20-10-6-4-3-5-9(10)14(18)19/h3-6H,2,7-8H2,1H3,(H,16,17). The van der Waals surface area contributed by atoms with Gasteiger partial charge in [0.25, 0.3) is 5.91 Å². The highest BCUT2D eigenvalue weighted by Gasteiger charge is 2.18. The predicted octanol–water partition coefficient (Wildman–Crippen LogP) is 0.907. The van der Waals surface area contributed by atoms with E-state index >= 15 is 0 Å². The number of amides is 1. The van der Waals surface area contributed by atoms with E-state index in [1.54, 1.807) is 13.0 Å². The van der Waals surface area contributed by atoms with Crippen molar-refractivity contribution < 1.29 is 24.4 Å². The molecule has 0 spiro atoms. The largest absolute Gasteiger partial charge is 0.480 e. The third-order valence-electron chi connectivity index (χ3n) is 2.47. The molecule has 0 aromatic heterocycles. The fourth-order valence-electron chi connectivity index (χ4n) is 1.50. The second-order valence-electron chi connectivity index (χ2n) is 3.82. The van der Waals surface area contributed by atoms with Gasteiger partial charge in [-0.15, -0.1) is 0 Å². The number of ether oxygens (including phenoxy) is 1. The zero-order valence-corrected chi connectivity index (χ0v) is 10.8. The molecule has 0 saturated heterocycles. The Morgan fingerprint density at radius 2 is 2.05 bits per heavy atom. The Bertz CT molecular complexity index is 516. The number of rotatable bonds is 7. The number of benzene rings is 1. The normalized spacial score (nSPS) is 9.85. The molecule has 0 radical (unpaired) electrons. The smallest absolute Gasteiger partial charge is 0.323 e. The molecule has 0 unspecified atom stereocenters. The van der Waals surface area contributed by atoms with E-state index in [-0.39, 0.29) is 18.0 Å². The first kappa shape index (κ1) is 15.4. The molecule has 1 aromatic rings. The number of carboxylic acids is 1. The average molecular weight is 282 g/mol. The maximum Gasteiger partial charge on any atom is 0.323 e. The van der Waals surface area contributed by atoms with Gasteiger partial charge in [-0.05, 0) is 13.0 Å². The highest BCUT2D eigenvalue weighted by molar-refractivity contribution is 5.82. The first-order valence-corrected chi connectivity index (χ1v) is 5.81. The number of aliphatic carboxylic acids is 1. The molecule has 108 valence electrons. The lowest BCUT2D eigenvalue weighted by molar-refractivity contribution is -0.385. The minimum Gasteiger partial charge on any atom is -0.480 e. The number of para-hydroxylation sites is 2. The Labute approximate surface area is 114 Å². The summed E-state index contributed by atoms with van der Waals surface area (Å²) in [5.74, 6) is -1.71. The van der Waals surface area contributed by atoms with Gasteiger partial charge >= 0.3 is 11.7 Å². The Hall–Kier alpha value is -2.64. The average Bonchev–Trinajstić information content (AvgIpc) is 2.42. The monoisotopic (exact) mass is 282 g/mol. The quantitative estimate of drug-likeness (QED) is 0.587. The van der Waals surface area contributed by atoms with Crippen LogP contribution in [0.1, 0.15) is 6.92 Å². The molecule has 0 aliphatic carbocycles. The summed E-state index contributed by atoms with van der Waals surface area (Å²) >= 11 is 0. The lowest BCUT2D eigenvalue weighted by Crippen LogP contribution is -2.38. The van der Waals surface area contributed by atoms with E-state index in [0.29, 0.717) is 0 Å². The summed E-state index contributed by atoms with van der Waals surface area (Å²) in [5.41, 5.74) is -0.249. The zero-order chi connectivity index (χ0) is 15.1. The number of nitro benzene ring substituents is 1. The van der Waals surface area contributed by atoms with Crippen LogP contribution in [0.4, 0.5) is 5.69 Å². The second kappa shape index (κ2) is 7.07. The molecule has 1 aromatic carbocycles. The molecule has 20 heavy (non-hydrogen) atoms. The van der Waals surface area contributed by atoms with Gasteiger partial charge in [0.2, 0.25) is 0 Å². The third-order valence-corrected chi connectivity index (χ3v) is 2.47. The van der Waals surface area contributed by atoms with Gasteiger partial charge in [-0.25, -0.2) is 0 Å². The van der Waals surface area contributed by atoms with Gasteiger partial charge in [-0.3, -0.25) is 19.7 Å². The first-order chi connectivity index (χ1) is 9.45. The third kappa shape index (κ3) is 4.23. The molecular formula is C12H14N2O6. The molecule has 8 heteroatoms. The van der Waals surface area contributed by atoms with E-state index in [4.69, 9.17) is 9.84 Å². The van der Waals surface area contributed by atoms with Crippen LogP contribution in [0, 0.1) is 10.1 Å². The molecule has 0 bridgehead atoms. The van der Waals surface area contributed by atoms with Crippen molar-refractivity contribution in [2.24, 2.45) is 0 Å². The van der Waals surface area contributed by atoms with Gasteiger partial charge in [-0.1, -0.05) is 12.1 Å². The number of carbonyl (C=O) groups is 2. The van der Waals surface area contributed by atoms with Crippen LogP contribution in [-0.2, 0) is 9.59 Å². The van der Waals surface area contributed by atoms with Crippen LogP contribution in [0.3, 0.4) is 0 Å². The van der Waals surface area contributed by atoms with Crippen LogP contribution in [0.25, 0.3) is 0 Å². The van der Waals surface area contributed by atoms with Crippen LogP contribution in [0.5, 0.6) is 5.75 Å². The van der Waals surface area contributed by atoms with Crippen molar-refractivity contribution >= 4 is 17.6 Å². The van der Waals surface area contributed by atoms with Crippen LogP contribution < -0.4 is 4.74 Å². The van der Waals surface area contributed by atoms with E-state index in [0.717, 1.165) is 4.90 Å². The van der Waals surface area contributed by atoms with Crippen molar-refractivity contribution in [1.82, 2.24) is 4.90 Å². The van der Waals surface area contributed by atoms with Crippen LogP contribution in [0.15, 0.2) is 24.3 Å². The second-order valence-corrected chi connectivity index (χ2v) is 3.82. The molecular weight excluding hydrogens is 268 g/mol. The fraction of sp³-hybridized carbons (Fsp3) is 0.333. The molecule has 1 rings (SSSR count). The van der Waals surface area contributed by atoms with Crippen molar-refractivity contribution in [2.75, 3.05) is 19.7 Å². The van der Waals surface area contributed by atoms with Gasteiger partial charge in [0.15, 0.2) is 12.4 Å². The predicted molar refractivity (Wildman–Crippen MR) is 68.5 cm³/mol. The number of nitro groups is 1. The summed E-state index contributed by atoms with van der Waals surface area (Å²) in [5, 5.41) is 19.4. The number of likely N-dealkylation sites (N-methyl/N-ethyl adjacent to an activating group) is 1. The van der Waals surface area contributed by atoms with Crippen LogP contribution >= 0.6 is 0 Å². The van der Waals surface area contributed by atoms with Crippen molar-refractivity contribution in [3.8, 4) is 5.75 Å². The first-order valence-electron chi connectivity index (χ1n) is 5.81. The summed E-state index contributed by atoms with van der Waals surface area (Å²) in [6.07, 6.45) is 0. The lowest BCUT2D eigenvalue weighted by Gasteiger charge is -2.18. The van der Waals surface area contributed by atoms with Gasteiger partial charge in [0.05, 0.1) is 4.92 Å². The minimum atomic E-state index is -1.13. The number of carboxylic acid groups (broad SMARTS) is 1. The van der Waals surface area contributed by atoms with Gasteiger partial charge in [-0.2, -0.15) is 0 Å².